The first kappa shape index (κ1) is 19.4. The minimum Gasteiger partial charge on any atom is -0.488 e. The molecule has 0 aliphatic heterocycles. The van der Waals surface area contributed by atoms with Gasteiger partial charge in [0.1, 0.15) is 12.4 Å². The van der Waals surface area contributed by atoms with E-state index >= 15 is 0 Å². The molecule has 0 heterocycles. The van der Waals surface area contributed by atoms with E-state index in [4.69, 9.17) is 4.74 Å². The van der Waals surface area contributed by atoms with E-state index in [9.17, 15) is 4.79 Å². The van der Waals surface area contributed by atoms with Crippen molar-refractivity contribution < 1.29 is 9.53 Å². The van der Waals surface area contributed by atoms with Crippen molar-refractivity contribution in [3.05, 3.63) is 114 Å². The Morgan fingerprint density at radius 2 is 1.57 bits per heavy atom. The largest absolute Gasteiger partial charge is 0.488 e. The zero-order chi connectivity index (χ0) is 20.6. The lowest BCUT2D eigenvalue weighted by molar-refractivity contribution is -0.120. The number of para-hydroxylation sites is 1. The van der Waals surface area contributed by atoms with Crippen molar-refractivity contribution in [3.8, 4) is 5.75 Å². The Morgan fingerprint density at radius 1 is 0.833 bits per heavy atom. The van der Waals surface area contributed by atoms with Gasteiger partial charge in [-0.2, -0.15) is 5.10 Å². The first-order valence-corrected chi connectivity index (χ1v) is 9.84. The van der Waals surface area contributed by atoms with Crippen LogP contribution in [0.4, 0.5) is 0 Å². The molecule has 0 aliphatic rings. The van der Waals surface area contributed by atoms with Crippen LogP contribution in [0.3, 0.4) is 0 Å². The standard InChI is InChI=1S/C26H22N2O2/c29-26(17-20-9-2-1-3-10-20)28-27-18-22-12-5-7-16-25(22)30-19-23-14-8-13-21-11-4-6-15-24(21)23/h1-16,18H,17,19H2,(H,28,29)/b27-18-. The van der Waals surface area contributed by atoms with Gasteiger partial charge in [0.05, 0.1) is 12.6 Å². The number of hydrogen-bond acceptors (Lipinski definition) is 3. The van der Waals surface area contributed by atoms with Crippen LogP contribution in [-0.4, -0.2) is 12.1 Å². The fourth-order valence-corrected chi connectivity index (χ4v) is 3.29. The van der Waals surface area contributed by atoms with Gasteiger partial charge >= 0.3 is 0 Å². The number of rotatable bonds is 7. The molecular weight excluding hydrogens is 372 g/mol. The van der Waals surface area contributed by atoms with Gasteiger partial charge in [-0.3, -0.25) is 4.79 Å². The van der Waals surface area contributed by atoms with Crippen molar-refractivity contribution in [1.82, 2.24) is 5.43 Å². The molecule has 0 fully saturated rings. The maximum atomic E-state index is 12.1. The number of carbonyl (C=O) groups is 1. The lowest BCUT2D eigenvalue weighted by Gasteiger charge is -2.11. The van der Waals surface area contributed by atoms with Gasteiger partial charge < -0.3 is 4.74 Å². The first-order valence-electron chi connectivity index (χ1n) is 9.84. The lowest BCUT2D eigenvalue weighted by Crippen LogP contribution is -2.19. The molecule has 1 amide bonds. The van der Waals surface area contributed by atoms with Gasteiger partial charge in [0.2, 0.25) is 5.91 Å². The molecule has 4 heteroatoms. The topological polar surface area (TPSA) is 50.7 Å². The summed E-state index contributed by atoms with van der Waals surface area (Å²) in [5.41, 5.74) is 5.45. The van der Waals surface area contributed by atoms with E-state index < -0.39 is 0 Å². The number of hydrogen-bond donors (Lipinski definition) is 1. The Balaban J connectivity index is 1.41. The normalized spacial score (nSPS) is 10.9. The van der Waals surface area contributed by atoms with Gasteiger partial charge in [-0.1, -0.05) is 84.9 Å². The number of ether oxygens (including phenoxy) is 1. The van der Waals surface area contributed by atoms with Gasteiger partial charge in [0.25, 0.3) is 0 Å². The number of nitrogens with one attached hydrogen (secondary N) is 1. The fraction of sp³-hybridized carbons (Fsp3) is 0.0769. The molecule has 0 atom stereocenters. The Labute approximate surface area is 175 Å². The maximum Gasteiger partial charge on any atom is 0.244 e. The highest BCUT2D eigenvalue weighted by Crippen LogP contribution is 2.22. The van der Waals surface area contributed by atoms with Crippen LogP contribution < -0.4 is 10.2 Å². The average Bonchev–Trinajstić information content (AvgIpc) is 2.79. The molecule has 4 rings (SSSR count). The Bertz CT molecular complexity index is 1160. The molecule has 0 bridgehead atoms. The third kappa shape index (κ3) is 4.92. The Morgan fingerprint density at radius 3 is 2.47 bits per heavy atom. The second-order valence-corrected chi connectivity index (χ2v) is 6.92. The van der Waals surface area contributed by atoms with Crippen molar-refractivity contribution in [2.45, 2.75) is 13.0 Å². The first-order chi connectivity index (χ1) is 14.8. The summed E-state index contributed by atoms with van der Waals surface area (Å²) >= 11 is 0. The van der Waals surface area contributed by atoms with Gasteiger partial charge in [-0.15, -0.1) is 0 Å². The molecule has 0 radical (unpaired) electrons. The van der Waals surface area contributed by atoms with E-state index in [1.165, 1.54) is 10.8 Å². The highest BCUT2D eigenvalue weighted by atomic mass is 16.5. The van der Waals surface area contributed by atoms with Crippen LogP contribution in [-0.2, 0) is 17.8 Å². The van der Waals surface area contributed by atoms with Gasteiger partial charge in [0.15, 0.2) is 0 Å². The number of benzene rings is 4. The molecule has 0 saturated heterocycles. The molecule has 0 saturated carbocycles. The number of amides is 1. The minimum absolute atomic E-state index is 0.161. The molecule has 4 aromatic rings. The number of hydrazone groups is 1. The molecule has 0 aromatic heterocycles. The third-order valence-corrected chi connectivity index (χ3v) is 4.78. The van der Waals surface area contributed by atoms with E-state index in [1.807, 2.05) is 72.8 Å². The molecule has 0 spiro atoms. The SMILES string of the molecule is O=C(Cc1ccccc1)N/N=C\c1ccccc1OCc1cccc2ccccc12. The van der Waals surface area contributed by atoms with E-state index in [0.29, 0.717) is 12.4 Å². The third-order valence-electron chi connectivity index (χ3n) is 4.78. The highest BCUT2D eigenvalue weighted by molar-refractivity contribution is 5.86. The van der Waals surface area contributed by atoms with Crippen LogP contribution in [0.2, 0.25) is 0 Å². The quantitative estimate of drug-likeness (QED) is 0.350. The zero-order valence-electron chi connectivity index (χ0n) is 16.5. The van der Waals surface area contributed by atoms with Crippen molar-refractivity contribution in [2.24, 2.45) is 5.10 Å². The maximum absolute atomic E-state index is 12.1. The zero-order valence-corrected chi connectivity index (χ0v) is 16.5. The van der Waals surface area contributed by atoms with Crippen LogP contribution in [0, 0.1) is 0 Å². The van der Waals surface area contributed by atoms with Crippen LogP contribution >= 0.6 is 0 Å². The Kier molecular flexibility index (Phi) is 6.16. The summed E-state index contributed by atoms with van der Waals surface area (Å²) < 4.78 is 6.08. The number of fused-ring (bicyclic) bond motifs is 1. The van der Waals surface area contributed by atoms with Crippen molar-refractivity contribution >= 4 is 22.9 Å². The summed E-state index contributed by atoms with van der Waals surface area (Å²) in [5.74, 6) is 0.554. The van der Waals surface area contributed by atoms with Crippen LogP contribution in [0.1, 0.15) is 16.7 Å². The highest BCUT2D eigenvalue weighted by Gasteiger charge is 2.05. The van der Waals surface area contributed by atoms with Gasteiger partial charge in [-0.05, 0) is 34.0 Å². The van der Waals surface area contributed by atoms with Crippen LogP contribution in [0.15, 0.2) is 102 Å². The predicted molar refractivity (Wildman–Crippen MR) is 121 cm³/mol. The molecule has 4 nitrogen and oxygen atoms in total. The summed E-state index contributed by atoms with van der Waals surface area (Å²) in [7, 11) is 0. The van der Waals surface area contributed by atoms with Crippen molar-refractivity contribution in [3.63, 3.8) is 0 Å². The minimum atomic E-state index is -0.161. The smallest absolute Gasteiger partial charge is 0.244 e. The van der Waals surface area contributed by atoms with Gasteiger partial charge in [-0.25, -0.2) is 5.43 Å². The molecule has 148 valence electrons. The fourth-order valence-electron chi connectivity index (χ4n) is 3.29. The van der Waals surface area contributed by atoms with E-state index in [0.717, 1.165) is 16.7 Å². The molecule has 30 heavy (non-hydrogen) atoms. The number of carbonyl (C=O) groups excluding carboxylic acids is 1. The lowest BCUT2D eigenvalue weighted by atomic mass is 10.1. The predicted octanol–water partition coefficient (Wildman–Crippen LogP) is 5.11. The summed E-state index contributed by atoms with van der Waals surface area (Å²) in [4.78, 5) is 12.1. The van der Waals surface area contributed by atoms with E-state index in [2.05, 4.69) is 34.8 Å². The molecular formula is C26H22N2O2. The monoisotopic (exact) mass is 394 g/mol. The van der Waals surface area contributed by atoms with Crippen molar-refractivity contribution in [2.75, 3.05) is 0 Å². The molecule has 1 N–H and O–H groups in total. The average molecular weight is 394 g/mol. The summed E-state index contributed by atoms with van der Waals surface area (Å²) in [6.45, 7) is 0.451. The van der Waals surface area contributed by atoms with Crippen LogP contribution in [0.25, 0.3) is 10.8 Å². The summed E-state index contributed by atoms with van der Waals surface area (Å²) in [6, 6.07) is 31.7. The van der Waals surface area contributed by atoms with E-state index in [-0.39, 0.29) is 12.3 Å². The second kappa shape index (κ2) is 9.52. The molecule has 4 aromatic carbocycles. The van der Waals surface area contributed by atoms with Gasteiger partial charge in [0, 0.05) is 5.56 Å². The summed E-state index contributed by atoms with van der Waals surface area (Å²) in [5, 5.41) is 6.47. The molecule has 0 unspecified atom stereocenters. The second-order valence-electron chi connectivity index (χ2n) is 6.92. The van der Waals surface area contributed by atoms with E-state index in [1.54, 1.807) is 6.21 Å². The Hall–Kier alpha value is -3.92. The summed E-state index contributed by atoms with van der Waals surface area (Å²) in [6.07, 6.45) is 1.90. The number of nitrogens with zero attached hydrogens (tertiary/aromatic N) is 1. The molecule has 0 aliphatic carbocycles. The van der Waals surface area contributed by atoms with Crippen LogP contribution in [0.5, 0.6) is 5.75 Å². The van der Waals surface area contributed by atoms with Crippen molar-refractivity contribution in [1.29, 1.82) is 0 Å².